The maximum Gasteiger partial charge on any atom is 0.495 e. The fourth-order valence-corrected chi connectivity index (χ4v) is 5.63. The molecule has 1 aromatic heterocycles. The van der Waals surface area contributed by atoms with Crippen LogP contribution in [0.25, 0.3) is 49.9 Å². The van der Waals surface area contributed by atoms with Gasteiger partial charge in [0.25, 0.3) is 0 Å². The number of rotatable bonds is 2. The average Bonchev–Trinajstić information content (AvgIpc) is 3.35. The molecule has 1 fully saturated rings. The first-order valence-electron chi connectivity index (χ1n) is 12.8. The van der Waals surface area contributed by atoms with Crippen molar-refractivity contribution in [3.05, 3.63) is 83.9 Å². The van der Waals surface area contributed by atoms with Gasteiger partial charge in [0.1, 0.15) is 11.2 Å². The van der Waals surface area contributed by atoms with Crippen molar-refractivity contribution in [1.82, 2.24) is 0 Å². The van der Waals surface area contributed by atoms with E-state index in [1.807, 2.05) is 12.1 Å². The van der Waals surface area contributed by atoms with Crippen LogP contribution in [0.5, 0.6) is 0 Å². The quantitative estimate of drug-likeness (QED) is 0.247. The molecule has 0 atom stereocenters. The van der Waals surface area contributed by atoms with E-state index < -0.39 is 18.3 Å². The van der Waals surface area contributed by atoms with E-state index in [2.05, 4.69) is 94.4 Å². The summed E-state index contributed by atoms with van der Waals surface area (Å²) in [5.74, 6) is 0. The van der Waals surface area contributed by atoms with E-state index in [0.717, 1.165) is 40.2 Å². The molecular weight excluding hydrogens is 443 g/mol. The molecule has 0 saturated carbocycles. The van der Waals surface area contributed by atoms with Crippen LogP contribution in [0.15, 0.2) is 77.2 Å². The minimum Gasteiger partial charge on any atom is -0.456 e. The van der Waals surface area contributed by atoms with Crippen LogP contribution in [-0.4, -0.2) is 18.3 Å². The third kappa shape index (κ3) is 3.21. The molecule has 1 aliphatic carbocycles. The molecule has 0 bridgehead atoms. The summed E-state index contributed by atoms with van der Waals surface area (Å²) in [5.41, 5.74) is 7.13. The van der Waals surface area contributed by atoms with E-state index >= 15 is 0 Å². The van der Waals surface area contributed by atoms with Crippen LogP contribution >= 0.6 is 0 Å². The molecule has 2 heterocycles. The van der Waals surface area contributed by atoms with Crippen LogP contribution in [0.3, 0.4) is 0 Å². The highest BCUT2D eigenvalue weighted by molar-refractivity contribution is 6.66. The number of hydrogen-bond donors (Lipinski definition) is 0. The molecule has 2 aliphatic rings. The Morgan fingerprint density at radius 3 is 2.36 bits per heavy atom. The predicted octanol–water partition coefficient (Wildman–Crippen LogP) is 7.66. The zero-order valence-corrected chi connectivity index (χ0v) is 21.2. The molecule has 0 unspecified atom stereocenters. The van der Waals surface area contributed by atoms with Gasteiger partial charge in [-0.05, 0) is 103 Å². The maximum atomic E-state index is 6.42. The van der Waals surface area contributed by atoms with Gasteiger partial charge in [-0.1, -0.05) is 54.6 Å². The Hall–Kier alpha value is -3.34. The van der Waals surface area contributed by atoms with Crippen molar-refractivity contribution in [2.75, 3.05) is 0 Å². The molecule has 0 radical (unpaired) electrons. The Bertz CT molecular complexity index is 1690. The standard InChI is InChI=1S/C32H29BO3/c1-31(2)32(3,4)36-33(35-31)27-10-7-11-29-30(27)26-19-22(15-17-28(26)34-29)21-14-16-25-23(18-21)13-12-20-8-5-6-9-24(20)25/h6-7,9-19H,5,8H2,1-4H3. The second kappa shape index (κ2) is 7.58. The van der Waals surface area contributed by atoms with Crippen LogP contribution in [-0.2, 0) is 15.7 Å². The lowest BCUT2D eigenvalue weighted by Crippen LogP contribution is -2.41. The van der Waals surface area contributed by atoms with Crippen molar-refractivity contribution in [3.63, 3.8) is 0 Å². The zero-order valence-electron chi connectivity index (χ0n) is 21.2. The first-order chi connectivity index (χ1) is 17.3. The molecule has 5 aromatic rings. The Kier molecular flexibility index (Phi) is 4.61. The van der Waals surface area contributed by atoms with Gasteiger partial charge in [0.15, 0.2) is 0 Å². The van der Waals surface area contributed by atoms with E-state index in [0.29, 0.717) is 0 Å². The maximum absolute atomic E-state index is 6.42. The molecule has 178 valence electrons. The Labute approximate surface area is 211 Å². The van der Waals surface area contributed by atoms with Crippen LogP contribution in [0.4, 0.5) is 0 Å². The summed E-state index contributed by atoms with van der Waals surface area (Å²) in [7, 11) is -0.442. The highest BCUT2D eigenvalue weighted by Gasteiger charge is 2.52. The normalized spacial score (nSPS) is 18.4. The SMILES string of the molecule is CC1(C)OB(c2cccc3oc4ccc(-c5ccc6c7c(ccc6c5)CCC=C7)cc4c23)OC1(C)C. The smallest absolute Gasteiger partial charge is 0.456 e. The monoisotopic (exact) mass is 472 g/mol. The Morgan fingerprint density at radius 1 is 0.750 bits per heavy atom. The van der Waals surface area contributed by atoms with Crippen LogP contribution in [0, 0.1) is 0 Å². The predicted molar refractivity (Wildman–Crippen MR) is 150 cm³/mol. The zero-order chi connectivity index (χ0) is 24.7. The number of furan rings is 1. The lowest BCUT2D eigenvalue weighted by atomic mass is 9.76. The van der Waals surface area contributed by atoms with Crippen molar-refractivity contribution in [2.45, 2.75) is 51.7 Å². The van der Waals surface area contributed by atoms with E-state index in [4.69, 9.17) is 13.7 Å². The van der Waals surface area contributed by atoms with Gasteiger partial charge in [0, 0.05) is 10.8 Å². The summed E-state index contributed by atoms with van der Waals surface area (Å²) in [5, 5.41) is 4.74. The fraction of sp³-hybridized carbons (Fsp3) is 0.250. The van der Waals surface area contributed by atoms with Crippen molar-refractivity contribution in [1.29, 1.82) is 0 Å². The van der Waals surface area contributed by atoms with Crippen LogP contribution in [0.2, 0.25) is 0 Å². The number of hydrogen-bond acceptors (Lipinski definition) is 3. The second-order valence-electron chi connectivity index (χ2n) is 11.1. The largest absolute Gasteiger partial charge is 0.495 e. The molecule has 0 amide bonds. The van der Waals surface area contributed by atoms with Crippen molar-refractivity contribution in [2.24, 2.45) is 0 Å². The average molecular weight is 472 g/mol. The third-order valence-electron chi connectivity index (χ3n) is 8.38. The lowest BCUT2D eigenvalue weighted by Gasteiger charge is -2.32. The van der Waals surface area contributed by atoms with E-state index in [9.17, 15) is 0 Å². The molecule has 4 aromatic carbocycles. The van der Waals surface area contributed by atoms with Crippen LogP contribution in [0.1, 0.15) is 45.2 Å². The van der Waals surface area contributed by atoms with Crippen molar-refractivity contribution >= 4 is 51.4 Å². The molecule has 4 heteroatoms. The van der Waals surface area contributed by atoms with E-state index in [-0.39, 0.29) is 0 Å². The van der Waals surface area contributed by atoms with Gasteiger partial charge in [-0.25, -0.2) is 0 Å². The molecule has 1 saturated heterocycles. The van der Waals surface area contributed by atoms with Gasteiger partial charge < -0.3 is 13.7 Å². The number of allylic oxidation sites excluding steroid dienone is 1. The van der Waals surface area contributed by atoms with Gasteiger partial charge in [0.05, 0.1) is 11.2 Å². The number of aryl methyl sites for hydroxylation is 1. The molecule has 0 N–H and O–H groups in total. The van der Waals surface area contributed by atoms with Gasteiger partial charge in [-0.2, -0.15) is 0 Å². The summed E-state index contributed by atoms with van der Waals surface area (Å²) in [6, 6.07) is 24.0. The summed E-state index contributed by atoms with van der Waals surface area (Å²) in [6.45, 7) is 8.35. The molecule has 3 nitrogen and oxygen atoms in total. The van der Waals surface area contributed by atoms with Gasteiger partial charge in [0.2, 0.25) is 0 Å². The summed E-state index contributed by atoms with van der Waals surface area (Å²) in [6.07, 6.45) is 6.81. The highest BCUT2D eigenvalue weighted by atomic mass is 16.7. The minimum absolute atomic E-state index is 0.399. The first kappa shape index (κ1) is 21.9. The minimum atomic E-state index is -0.442. The summed E-state index contributed by atoms with van der Waals surface area (Å²) in [4.78, 5) is 0. The topological polar surface area (TPSA) is 31.6 Å². The van der Waals surface area contributed by atoms with Crippen molar-refractivity contribution in [3.8, 4) is 11.1 Å². The molecule has 1 aliphatic heterocycles. The molecule has 0 spiro atoms. The van der Waals surface area contributed by atoms with E-state index in [1.165, 1.54) is 33.0 Å². The Morgan fingerprint density at radius 2 is 1.53 bits per heavy atom. The van der Waals surface area contributed by atoms with Gasteiger partial charge in [-0.15, -0.1) is 0 Å². The van der Waals surface area contributed by atoms with Crippen LogP contribution < -0.4 is 5.46 Å². The first-order valence-corrected chi connectivity index (χ1v) is 12.8. The molecule has 7 rings (SSSR count). The van der Waals surface area contributed by atoms with E-state index in [1.54, 1.807) is 0 Å². The summed E-state index contributed by atoms with van der Waals surface area (Å²) >= 11 is 0. The third-order valence-corrected chi connectivity index (χ3v) is 8.38. The van der Waals surface area contributed by atoms with Gasteiger partial charge >= 0.3 is 7.12 Å². The van der Waals surface area contributed by atoms with Gasteiger partial charge in [-0.3, -0.25) is 0 Å². The van der Waals surface area contributed by atoms with Crippen molar-refractivity contribution < 1.29 is 13.7 Å². The lowest BCUT2D eigenvalue weighted by molar-refractivity contribution is 0.00578. The highest BCUT2D eigenvalue weighted by Crippen LogP contribution is 2.39. The second-order valence-corrected chi connectivity index (χ2v) is 11.1. The number of fused-ring (bicyclic) bond motifs is 6. The molecule has 36 heavy (non-hydrogen) atoms. The summed E-state index contributed by atoms with van der Waals surface area (Å²) < 4.78 is 19.1. The fourth-order valence-electron chi connectivity index (χ4n) is 5.63. The Balaban J connectivity index is 1.37. The number of benzene rings is 4. The molecular formula is C32H29BO3.